The molecule has 4 rings (SSSR count). The molecule has 0 atom stereocenters. The minimum atomic E-state index is -4.39. The number of pyridine rings is 1. The largest absolute Gasteiger partial charge is 0.416 e. The number of nitrogens with zero attached hydrogens (tertiary/aromatic N) is 3. The van der Waals surface area contributed by atoms with Crippen molar-refractivity contribution in [3.63, 3.8) is 0 Å². The first-order chi connectivity index (χ1) is 14.3. The van der Waals surface area contributed by atoms with Crippen molar-refractivity contribution in [2.45, 2.75) is 12.7 Å². The monoisotopic (exact) mass is 430 g/mol. The summed E-state index contributed by atoms with van der Waals surface area (Å²) in [5.41, 5.74) is 1.36. The average molecular weight is 431 g/mol. The van der Waals surface area contributed by atoms with Gasteiger partial charge in [-0.05, 0) is 42.0 Å². The van der Waals surface area contributed by atoms with Crippen molar-refractivity contribution in [1.29, 1.82) is 0 Å². The summed E-state index contributed by atoms with van der Waals surface area (Å²) in [6, 6.07) is 15.1. The topological polar surface area (TPSA) is 59.3 Å². The van der Waals surface area contributed by atoms with Gasteiger partial charge in [-0.1, -0.05) is 35.9 Å². The number of carbonyl (C=O) groups excluding carboxylic acids is 1. The van der Waals surface area contributed by atoms with Crippen LogP contribution in [0.2, 0.25) is 5.02 Å². The Morgan fingerprint density at radius 1 is 1.03 bits per heavy atom. The molecular weight excluding hydrogens is 417 g/mol. The van der Waals surface area contributed by atoms with Crippen LogP contribution in [-0.4, -0.2) is 20.5 Å². The summed E-state index contributed by atoms with van der Waals surface area (Å²) in [7, 11) is 0. The van der Waals surface area contributed by atoms with Crippen LogP contribution in [0.25, 0.3) is 17.0 Å². The predicted octanol–water partition coefficient (Wildman–Crippen LogP) is 5.00. The molecule has 0 fully saturated rings. The molecule has 0 saturated heterocycles. The van der Waals surface area contributed by atoms with Crippen LogP contribution >= 0.6 is 11.6 Å². The summed E-state index contributed by atoms with van der Waals surface area (Å²) in [6.07, 6.45) is -2.72. The molecule has 5 nitrogen and oxygen atoms in total. The molecule has 152 valence electrons. The summed E-state index contributed by atoms with van der Waals surface area (Å²) in [6.45, 7) is 0.0969. The number of nitrogens with one attached hydrogen (secondary N) is 1. The van der Waals surface area contributed by atoms with Gasteiger partial charge in [0, 0.05) is 23.9 Å². The van der Waals surface area contributed by atoms with Crippen molar-refractivity contribution in [3.8, 4) is 11.4 Å². The number of carbonyl (C=O) groups is 1. The molecule has 1 amide bonds. The van der Waals surface area contributed by atoms with Gasteiger partial charge in [-0.15, -0.1) is 10.2 Å². The zero-order valence-corrected chi connectivity index (χ0v) is 16.1. The molecule has 0 saturated carbocycles. The van der Waals surface area contributed by atoms with Crippen LogP contribution in [0.5, 0.6) is 0 Å². The molecule has 0 radical (unpaired) electrons. The third-order valence-corrected chi connectivity index (χ3v) is 4.85. The Bertz CT molecular complexity index is 1220. The Hall–Kier alpha value is -3.39. The molecule has 2 aromatic carbocycles. The number of hydrogen-bond acceptors (Lipinski definition) is 3. The third kappa shape index (κ3) is 3.99. The molecule has 0 aliphatic carbocycles. The molecule has 2 heterocycles. The van der Waals surface area contributed by atoms with Gasteiger partial charge in [-0.25, -0.2) is 0 Å². The van der Waals surface area contributed by atoms with E-state index in [1.54, 1.807) is 28.8 Å². The summed E-state index contributed by atoms with van der Waals surface area (Å²) in [4.78, 5) is 12.4. The lowest BCUT2D eigenvalue weighted by molar-refractivity contribution is -0.137. The standard InChI is InChI=1S/C21H14ClF3N4O/c22-17-4-2-1-3-16(17)19-28-27-18-11-14(9-10-29(18)19)20(30)26-12-13-5-7-15(8-6-13)21(23,24)25/h1-11H,12H2,(H,26,30). The van der Waals surface area contributed by atoms with E-state index in [4.69, 9.17) is 11.6 Å². The van der Waals surface area contributed by atoms with Gasteiger partial charge in [0.1, 0.15) is 0 Å². The number of halogens is 4. The molecule has 0 bridgehead atoms. The molecule has 2 aromatic heterocycles. The van der Waals surface area contributed by atoms with Crippen LogP contribution in [0.1, 0.15) is 21.5 Å². The molecule has 1 N–H and O–H groups in total. The smallest absolute Gasteiger partial charge is 0.348 e. The van der Waals surface area contributed by atoms with Crippen molar-refractivity contribution < 1.29 is 18.0 Å². The first kappa shape index (κ1) is 19.9. The van der Waals surface area contributed by atoms with E-state index in [9.17, 15) is 18.0 Å². The van der Waals surface area contributed by atoms with Crippen LogP contribution in [0.3, 0.4) is 0 Å². The van der Waals surface area contributed by atoms with E-state index in [2.05, 4.69) is 15.5 Å². The Labute approximate surface area is 174 Å². The van der Waals surface area contributed by atoms with Crippen molar-refractivity contribution in [2.75, 3.05) is 0 Å². The summed E-state index contributed by atoms with van der Waals surface area (Å²) < 4.78 is 39.6. The van der Waals surface area contributed by atoms with Gasteiger partial charge in [-0.2, -0.15) is 13.2 Å². The fourth-order valence-corrected chi connectivity index (χ4v) is 3.17. The van der Waals surface area contributed by atoms with Gasteiger partial charge >= 0.3 is 6.18 Å². The van der Waals surface area contributed by atoms with E-state index in [0.29, 0.717) is 33.2 Å². The summed E-state index contributed by atoms with van der Waals surface area (Å²) >= 11 is 6.22. The second-order valence-corrected chi connectivity index (χ2v) is 6.93. The van der Waals surface area contributed by atoms with Gasteiger partial charge in [-0.3, -0.25) is 9.20 Å². The second-order valence-electron chi connectivity index (χ2n) is 6.52. The van der Waals surface area contributed by atoms with E-state index in [1.165, 1.54) is 12.1 Å². The number of alkyl halides is 3. The molecule has 0 aliphatic heterocycles. The van der Waals surface area contributed by atoms with Crippen LogP contribution in [0, 0.1) is 0 Å². The molecule has 0 spiro atoms. The zero-order chi connectivity index (χ0) is 21.3. The van der Waals surface area contributed by atoms with E-state index in [-0.39, 0.29) is 12.5 Å². The Morgan fingerprint density at radius 3 is 2.47 bits per heavy atom. The van der Waals surface area contributed by atoms with Crippen LogP contribution in [-0.2, 0) is 12.7 Å². The summed E-state index contributed by atoms with van der Waals surface area (Å²) in [5, 5.41) is 11.5. The van der Waals surface area contributed by atoms with E-state index in [0.717, 1.165) is 12.1 Å². The highest BCUT2D eigenvalue weighted by atomic mass is 35.5. The van der Waals surface area contributed by atoms with Crippen LogP contribution in [0.4, 0.5) is 13.2 Å². The molecule has 9 heteroatoms. The van der Waals surface area contributed by atoms with Crippen LogP contribution in [0.15, 0.2) is 66.9 Å². The summed E-state index contributed by atoms with van der Waals surface area (Å²) in [5.74, 6) is 0.173. The predicted molar refractivity (Wildman–Crippen MR) is 106 cm³/mol. The SMILES string of the molecule is O=C(NCc1ccc(C(F)(F)F)cc1)c1ccn2c(-c3ccccc3Cl)nnc2c1. The highest BCUT2D eigenvalue weighted by molar-refractivity contribution is 6.33. The third-order valence-electron chi connectivity index (χ3n) is 4.52. The number of hydrogen-bond donors (Lipinski definition) is 1. The average Bonchev–Trinajstić information content (AvgIpc) is 3.15. The van der Waals surface area contributed by atoms with Gasteiger partial charge in [0.15, 0.2) is 11.5 Å². The maximum absolute atomic E-state index is 12.6. The normalized spacial score (nSPS) is 11.6. The lowest BCUT2D eigenvalue weighted by Gasteiger charge is -2.09. The Morgan fingerprint density at radius 2 is 1.77 bits per heavy atom. The maximum Gasteiger partial charge on any atom is 0.416 e. The molecule has 4 aromatic rings. The van der Waals surface area contributed by atoms with Gasteiger partial charge in [0.25, 0.3) is 5.91 Å². The number of fused-ring (bicyclic) bond motifs is 1. The number of aromatic nitrogens is 3. The maximum atomic E-state index is 12.6. The second kappa shape index (κ2) is 7.79. The minimum absolute atomic E-state index is 0.0969. The highest BCUT2D eigenvalue weighted by Gasteiger charge is 2.29. The first-order valence-electron chi connectivity index (χ1n) is 8.87. The quantitative estimate of drug-likeness (QED) is 0.495. The van der Waals surface area contributed by atoms with E-state index in [1.807, 2.05) is 18.2 Å². The van der Waals surface area contributed by atoms with Crippen molar-refractivity contribution in [1.82, 2.24) is 19.9 Å². The number of amides is 1. The Kier molecular flexibility index (Phi) is 5.17. The highest BCUT2D eigenvalue weighted by Crippen LogP contribution is 2.29. The molecular formula is C21H14ClF3N4O. The fourth-order valence-electron chi connectivity index (χ4n) is 2.95. The number of rotatable bonds is 4. The minimum Gasteiger partial charge on any atom is -0.348 e. The van der Waals surface area contributed by atoms with E-state index >= 15 is 0 Å². The number of benzene rings is 2. The molecule has 0 unspecified atom stereocenters. The van der Waals surface area contributed by atoms with Gasteiger partial charge < -0.3 is 5.32 Å². The Balaban J connectivity index is 1.50. The van der Waals surface area contributed by atoms with Crippen molar-refractivity contribution >= 4 is 23.2 Å². The van der Waals surface area contributed by atoms with Crippen molar-refractivity contribution in [2.24, 2.45) is 0 Å². The fraction of sp³-hybridized carbons (Fsp3) is 0.0952. The van der Waals surface area contributed by atoms with Crippen molar-refractivity contribution in [3.05, 3.63) is 88.6 Å². The lowest BCUT2D eigenvalue weighted by Crippen LogP contribution is -2.23. The van der Waals surface area contributed by atoms with Gasteiger partial charge in [0.2, 0.25) is 0 Å². The lowest BCUT2D eigenvalue weighted by atomic mass is 10.1. The first-order valence-corrected chi connectivity index (χ1v) is 9.25. The van der Waals surface area contributed by atoms with E-state index < -0.39 is 11.7 Å². The molecule has 0 aliphatic rings. The van der Waals surface area contributed by atoms with Gasteiger partial charge in [0.05, 0.1) is 10.6 Å². The van der Waals surface area contributed by atoms with Crippen LogP contribution < -0.4 is 5.32 Å². The zero-order valence-electron chi connectivity index (χ0n) is 15.3. The molecule has 30 heavy (non-hydrogen) atoms.